The van der Waals surface area contributed by atoms with Crippen molar-refractivity contribution in [2.75, 3.05) is 29.9 Å². The Labute approximate surface area is 156 Å². The van der Waals surface area contributed by atoms with Gasteiger partial charge < -0.3 is 15.1 Å². The maximum absolute atomic E-state index is 12.8. The third-order valence-corrected chi connectivity index (χ3v) is 5.10. The van der Waals surface area contributed by atoms with Gasteiger partial charge in [-0.05, 0) is 43.5 Å². The van der Waals surface area contributed by atoms with Gasteiger partial charge in [0.1, 0.15) is 0 Å². The lowest BCUT2D eigenvalue weighted by Gasteiger charge is -2.41. The van der Waals surface area contributed by atoms with E-state index in [1.807, 2.05) is 23.1 Å². The van der Waals surface area contributed by atoms with E-state index in [-0.39, 0.29) is 12.1 Å². The van der Waals surface area contributed by atoms with Crippen LogP contribution in [-0.4, -0.2) is 36.6 Å². The third kappa shape index (κ3) is 4.01. The summed E-state index contributed by atoms with van der Waals surface area (Å²) in [4.78, 5) is 17.1. The van der Waals surface area contributed by atoms with Crippen molar-refractivity contribution in [3.63, 3.8) is 0 Å². The lowest BCUT2D eigenvalue weighted by atomic mass is 10.0. The predicted octanol–water partition coefficient (Wildman–Crippen LogP) is 4.86. The molecular weight excluding hydrogens is 322 g/mol. The highest BCUT2D eigenvalue weighted by molar-refractivity contribution is 5.90. The lowest BCUT2D eigenvalue weighted by Crippen LogP contribution is -2.54. The largest absolute Gasteiger partial charge is 0.365 e. The Balaban J connectivity index is 1.65. The molecule has 4 nitrogen and oxygen atoms in total. The summed E-state index contributed by atoms with van der Waals surface area (Å²) >= 11 is 0. The Kier molecular flexibility index (Phi) is 5.50. The summed E-state index contributed by atoms with van der Waals surface area (Å²) in [5, 5.41) is 3.11. The van der Waals surface area contributed by atoms with E-state index in [2.05, 4.69) is 68.2 Å². The Hall–Kier alpha value is -2.49. The highest BCUT2D eigenvalue weighted by Crippen LogP contribution is 2.25. The number of carbonyl (C=O) groups excluding carboxylic acids is 1. The molecule has 26 heavy (non-hydrogen) atoms. The van der Waals surface area contributed by atoms with Gasteiger partial charge >= 0.3 is 6.03 Å². The van der Waals surface area contributed by atoms with Crippen LogP contribution in [0.3, 0.4) is 0 Å². The van der Waals surface area contributed by atoms with Crippen LogP contribution in [0.5, 0.6) is 0 Å². The van der Waals surface area contributed by atoms with E-state index in [4.69, 9.17) is 0 Å². The molecule has 0 aromatic heterocycles. The Morgan fingerprint density at radius 3 is 2.42 bits per heavy atom. The van der Waals surface area contributed by atoms with Gasteiger partial charge in [-0.15, -0.1) is 0 Å². The molecule has 1 heterocycles. The summed E-state index contributed by atoms with van der Waals surface area (Å²) in [5.41, 5.74) is 4.59. The van der Waals surface area contributed by atoms with Crippen molar-refractivity contribution in [2.24, 2.45) is 0 Å². The van der Waals surface area contributed by atoms with E-state index < -0.39 is 0 Å². The molecule has 1 unspecified atom stereocenters. The first-order chi connectivity index (χ1) is 12.5. The second-order valence-corrected chi connectivity index (χ2v) is 7.50. The molecule has 138 valence electrons. The summed E-state index contributed by atoms with van der Waals surface area (Å²) in [6.07, 6.45) is 0. The number of hydrogen-bond donors (Lipinski definition) is 1. The molecule has 3 rings (SSSR count). The number of hydrogen-bond acceptors (Lipinski definition) is 2. The van der Waals surface area contributed by atoms with Crippen LogP contribution in [0.15, 0.2) is 48.5 Å². The fraction of sp³-hybridized carbons (Fsp3) is 0.409. The summed E-state index contributed by atoms with van der Waals surface area (Å²) in [7, 11) is 0. The molecule has 1 fully saturated rings. The van der Waals surface area contributed by atoms with Crippen molar-refractivity contribution >= 4 is 17.4 Å². The van der Waals surface area contributed by atoms with Gasteiger partial charge in [0.15, 0.2) is 0 Å². The van der Waals surface area contributed by atoms with Gasteiger partial charge in [0.05, 0.1) is 0 Å². The summed E-state index contributed by atoms with van der Waals surface area (Å²) < 4.78 is 0. The topological polar surface area (TPSA) is 35.6 Å². The predicted molar refractivity (Wildman–Crippen MR) is 109 cm³/mol. The second kappa shape index (κ2) is 7.81. The minimum absolute atomic E-state index is 0.00601. The summed E-state index contributed by atoms with van der Waals surface area (Å²) in [6.45, 7) is 10.9. The van der Waals surface area contributed by atoms with Crippen molar-refractivity contribution in [3.8, 4) is 0 Å². The van der Waals surface area contributed by atoms with E-state index in [0.717, 1.165) is 25.3 Å². The molecule has 0 spiro atoms. The Morgan fingerprint density at radius 1 is 1.08 bits per heavy atom. The van der Waals surface area contributed by atoms with Crippen molar-refractivity contribution in [1.82, 2.24) is 4.90 Å². The maximum Gasteiger partial charge on any atom is 0.321 e. The molecule has 0 bridgehead atoms. The van der Waals surface area contributed by atoms with Crippen molar-refractivity contribution in [1.29, 1.82) is 0 Å². The number of rotatable bonds is 3. The number of anilines is 2. The molecule has 1 aliphatic rings. The second-order valence-electron chi connectivity index (χ2n) is 7.50. The van der Waals surface area contributed by atoms with Crippen LogP contribution in [0, 0.1) is 6.92 Å². The average Bonchev–Trinajstić information content (AvgIpc) is 2.63. The van der Waals surface area contributed by atoms with E-state index in [9.17, 15) is 4.79 Å². The molecule has 1 N–H and O–H groups in total. The minimum atomic E-state index is -0.00601. The molecule has 0 aliphatic carbocycles. The van der Waals surface area contributed by atoms with E-state index in [1.165, 1.54) is 16.8 Å². The van der Waals surface area contributed by atoms with Crippen LogP contribution in [0.25, 0.3) is 0 Å². The zero-order valence-electron chi connectivity index (χ0n) is 16.2. The van der Waals surface area contributed by atoms with Crippen LogP contribution in [-0.2, 0) is 0 Å². The number of piperazine rings is 1. The molecular formula is C22H29N3O. The summed E-state index contributed by atoms with van der Waals surface area (Å²) in [5.74, 6) is 0.379. The number of carbonyl (C=O) groups is 1. The van der Waals surface area contributed by atoms with E-state index >= 15 is 0 Å². The Bertz CT molecular complexity index is 754. The van der Waals surface area contributed by atoms with Crippen molar-refractivity contribution < 1.29 is 4.79 Å². The normalized spacial score (nSPS) is 17.5. The quantitative estimate of drug-likeness (QED) is 0.857. The van der Waals surface area contributed by atoms with E-state index in [0.29, 0.717) is 5.92 Å². The van der Waals surface area contributed by atoms with Gasteiger partial charge in [-0.1, -0.05) is 49.7 Å². The van der Waals surface area contributed by atoms with Crippen LogP contribution in [0.4, 0.5) is 16.2 Å². The summed E-state index contributed by atoms with van der Waals surface area (Å²) in [6, 6.07) is 17.0. The first kappa shape index (κ1) is 18.3. The minimum Gasteiger partial charge on any atom is -0.365 e. The van der Waals surface area contributed by atoms with Crippen molar-refractivity contribution in [3.05, 3.63) is 59.7 Å². The molecule has 0 radical (unpaired) electrons. The Morgan fingerprint density at radius 2 is 1.77 bits per heavy atom. The molecule has 0 saturated carbocycles. The fourth-order valence-corrected chi connectivity index (χ4v) is 3.57. The van der Waals surface area contributed by atoms with Crippen LogP contribution < -0.4 is 10.2 Å². The first-order valence-electron chi connectivity index (χ1n) is 9.44. The maximum atomic E-state index is 12.8. The number of nitrogens with zero attached hydrogens (tertiary/aromatic N) is 2. The average molecular weight is 351 g/mol. The molecule has 2 aromatic rings. The van der Waals surface area contributed by atoms with Gasteiger partial charge in [-0.3, -0.25) is 0 Å². The highest BCUT2D eigenvalue weighted by Gasteiger charge is 2.27. The smallest absolute Gasteiger partial charge is 0.321 e. The van der Waals surface area contributed by atoms with E-state index in [1.54, 1.807) is 0 Å². The molecule has 2 aromatic carbocycles. The zero-order chi connectivity index (χ0) is 18.7. The molecule has 2 amide bonds. The van der Waals surface area contributed by atoms with Gasteiger partial charge in [-0.2, -0.15) is 0 Å². The molecule has 4 heteroatoms. The number of para-hydroxylation sites is 1. The lowest BCUT2D eigenvalue weighted by molar-refractivity contribution is 0.200. The van der Waals surface area contributed by atoms with Gasteiger partial charge in [0, 0.05) is 37.1 Å². The number of urea groups is 1. The molecule has 1 aliphatic heterocycles. The number of aryl methyl sites for hydroxylation is 1. The number of nitrogens with one attached hydrogen (secondary N) is 1. The van der Waals surface area contributed by atoms with Gasteiger partial charge in [0.25, 0.3) is 0 Å². The monoisotopic (exact) mass is 351 g/mol. The SMILES string of the molecule is Cc1ccc(N2CCN(C(=O)Nc3ccccc3C(C)C)CC2C)cc1. The zero-order valence-corrected chi connectivity index (χ0v) is 16.2. The number of amides is 2. The highest BCUT2D eigenvalue weighted by atomic mass is 16.2. The van der Waals surface area contributed by atoms with Crippen molar-refractivity contribution in [2.45, 2.75) is 39.7 Å². The van der Waals surface area contributed by atoms with Gasteiger partial charge in [-0.25, -0.2) is 4.79 Å². The van der Waals surface area contributed by atoms with Crippen LogP contribution >= 0.6 is 0 Å². The first-order valence-corrected chi connectivity index (χ1v) is 9.44. The number of benzene rings is 2. The van der Waals surface area contributed by atoms with Crippen LogP contribution in [0.2, 0.25) is 0 Å². The standard InChI is InChI=1S/C22H29N3O/c1-16(2)20-7-5-6-8-21(20)23-22(26)24-13-14-25(18(4)15-24)19-11-9-17(3)10-12-19/h5-12,16,18H,13-15H2,1-4H3,(H,23,26). The molecule has 1 atom stereocenters. The van der Waals surface area contributed by atoms with Gasteiger partial charge in [0.2, 0.25) is 0 Å². The fourth-order valence-electron chi connectivity index (χ4n) is 3.57. The molecule has 1 saturated heterocycles. The third-order valence-electron chi connectivity index (χ3n) is 5.10. The van der Waals surface area contributed by atoms with Crippen LogP contribution in [0.1, 0.15) is 37.8 Å².